The molecule has 0 saturated carbocycles. The molecular formula is C21H29N3O4S. The van der Waals surface area contributed by atoms with Crippen LogP contribution in [0.1, 0.15) is 28.6 Å². The minimum Gasteiger partial charge on any atom is -0.497 e. The van der Waals surface area contributed by atoms with Crippen molar-refractivity contribution in [3.8, 4) is 5.75 Å². The fourth-order valence-electron chi connectivity index (χ4n) is 2.89. The summed E-state index contributed by atoms with van der Waals surface area (Å²) in [4.78, 5) is 27.2. The van der Waals surface area contributed by atoms with Crippen LogP contribution in [0.15, 0.2) is 47.1 Å². The van der Waals surface area contributed by atoms with Gasteiger partial charge >= 0.3 is 0 Å². The molecule has 0 radical (unpaired) electrons. The molecule has 29 heavy (non-hydrogen) atoms. The lowest BCUT2D eigenvalue weighted by Gasteiger charge is -2.26. The van der Waals surface area contributed by atoms with Crippen molar-refractivity contribution in [2.24, 2.45) is 0 Å². The second-order valence-electron chi connectivity index (χ2n) is 6.78. The Balaban J connectivity index is 2.02. The topological polar surface area (TPSA) is 83.8 Å². The molecular weight excluding hydrogens is 390 g/mol. The fourth-order valence-corrected chi connectivity index (χ4v) is 3.36. The summed E-state index contributed by atoms with van der Waals surface area (Å²) in [6, 6.07) is 10.4. The van der Waals surface area contributed by atoms with E-state index in [2.05, 4.69) is 10.6 Å². The number of nitrogens with one attached hydrogen (secondary N) is 2. The number of amides is 2. The van der Waals surface area contributed by atoms with Crippen molar-refractivity contribution in [3.05, 3.63) is 54.0 Å². The second kappa shape index (κ2) is 11.5. The van der Waals surface area contributed by atoms with E-state index in [9.17, 15) is 9.59 Å². The van der Waals surface area contributed by atoms with Crippen molar-refractivity contribution in [1.82, 2.24) is 15.5 Å². The van der Waals surface area contributed by atoms with Gasteiger partial charge in [-0.15, -0.1) is 0 Å². The molecule has 2 N–H and O–H groups in total. The Labute approximate surface area is 176 Å². The van der Waals surface area contributed by atoms with Gasteiger partial charge in [-0.2, -0.15) is 11.8 Å². The van der Waals surface area contributed by atoms with Crippen LogP contribution >= 0.6 is 11.8 Å². The van der Waals surface area contributed by atoms with Crippen molar-refractivity contribution in [2.45, 2.75) is 18.5 Å². The molecule has 1 aromatic heterocycles. The highest BCUT2D eigenvalue weighted by Crippen LogP contribution is 2.20. The number of hydrogen-bond acceptors (Lipinski definition) is 6. The molecule has 8 heteroatoms. The van der Waals surface area contributed by atoms with Gasteiger partial charge in [-0.3, -0.25) is 9.59 Å². The number of carbonyl (C=O) groups is 2. The van der Waals surface area contributed by atoms with Crippen LogP contribution in [0.25, 0.3) is 0 Å². The molecule has 1 heterocycles. The zero-order chi connectivity index (χ0) is 21.2. The number of rotatable bonds is 11. The molecule has 1 aromatic carbocycles. The molecule has 2 atom stereocenters. The van der Waals surface area contributed by atoms with E-state index in [1.54, 1.807) is 31.0 Å². The van der Waals surface area contributed by atoms with E-state index >= 15 is 0 Å². The summed E-state index contributed by atoms with van der Waals surface area (Å²) in [7, 11) is 5.56. The summed E-state index contributed by atoms with van der Waals surface area (Å²) in [5.74, 6) is 1.13. The predicted octanol–water partition coefficient (Wildman–Crippen LogP) is 2.56. The molecule has 2 aromatic rings. The van der Waals surface area contributed by atoms with E-state index in [0.29, 0.717) is 13.0 Å². The van der Waals surface area contributed by atoms with E-state index in [1.165, 1.54) is 6.26 Å². The SMILES string of the molecule is COc1ccc(C(CNC(=O)C(CCSC)NC(=O)c2ccco2)N(C)C)cc1. The lowest BCUT2D eigenvalue weighted by molar-refractivity contribution is -0.123. The first kappa shape index (κ1) is 22.8. The number of hydrogen-bond donors (Lipinski definition) is 2. The number of likely N-dealkylation sites (N-methyl/N-ethyl adjacent to an activating group) is 1. The second-order valence-corrected chi connectivity index (χ2v) is 7.77. The average molecular weight is 420 g/mol. The normalized spacial score (nSPS) is 13.0. The van der Waals surface area contributed by atoms with Gasteiger partial charge in [0.1, 0.15) is 11.8 Å². The third-order valence-corrected chi connectivity index (χ3v) is 5.21. The molecule has 7 nitrogen and oxygen atoms in total. The summed E-state index contributed by atoms with van der Waals surface area (Å²) in [5.41, 5.74) is 1.07. The number of ether oxygens (including phenoxy) is 1. The van der Waals surface area contributed by atoms with Crippen LogP contribution in [0, 0.1) is 0 Å². The van der Waals surface area contributed by atoms with E-state index in [4.69, 9.17) is 9.15 Å². The summed E-state index contributed by atoms with van der Waals surface area (Å²) >= 11 is 1.63. The van der Waals surface area contributed by atoms with Gasteiger partial charge in [0.2, 0.25) is 5.91 Å². The Morgan fingerprint density at radius 2 is 1.93 bits per heavy atom. The monoisotopic (exact) mass is 419 g/mol. The minimum absolute atomic E-state index is 0.00756. The Morgan fingerprint density at radius 3 is 2.48 bits per heavy atom. The van der Waals surface area contributed by atoms with Crippen molar-refractivity contribution >= 4 is 23.6 Å². The van der Waals surface area contributed by atoms with E-state index < -0.39 is 11.9 Å². The Morgan fingerprint density at radius 1 is 1.21 bits per heavy atom. The van der Waals surface area contributed by atoms with Gasteiger partial charge in [0.05, 0.1) is 19.4 Å². The largest absolute Gasteiger partial charge is 0.497 e. The van der Waals surface area contributed by atoms with Crippen LogP contribution in [-0.2, 0) is 4.79 Å². The van der Waals surface area contributed by atoms with Crippen LogP contribution in [0.3, 0.4) is 0 Å². The number of benzene rings is 1. The molecule has 158 valence electrons. The smallest absolute Gasteiger partial charge is 0.287 e. The highest BCUT2D eigenvalue weighted by molar-refractivity contribution is 7.98. The molecule has 2 amide bonds. The van der Waals surface area contributed by atoms with Gasteiger partial charge in [-0.1, -0.05) is 12.1 Å². The van der Waals surface area contributed by atoms with Crippen molar-refractivity contribution in [3.63, 3.8) is 0 Å². The molecule has 2 unspecified atom stereocenters. The molecule has 0 spiro atoms. The van der Waals surface area contributed by atoms with Gasteiger partial charge in [0.15, 0.2) is 5.76 Å². The molecule has 0 aliphatic carbocycles. The third-order valence-electron chi connectivity index (χ3n) is 4.57. The standard InChI is InChI=1S/C21H29N3O4S/c1-24(2)18(15-7-9-16(27-3)10-8-15)14-22-20(25)17(11-13-29-4)23-21(26)19-6-5-12-28-19/h5-10,12,17-18H,11,13-14H2,1-4H3,(H,22,25)(H,23,26). The lowest BCUT2D eigenvalue weighted by Crippen LogP contribution is -2.48. The maximum Gasteiger partial charge on any atom is 0.287 e. The third kappa shape index (κ3) is 6.83. The quantitative estimate of drug-likeness (QED) is 0.582. The maximum absolute atomic E-state index is 12.8. The van der Waals surface area contributed by atoms with Crippen LogP contribution < -0.4 is 15.4 Å². The maximum atomic E-state index is 12.8. The first-order valence-electron chi connectivity index (χ1n) is 9.37. The van der Waals surface area contributed by atoms with Crippen LogP contribution in [0.5, 0.6) is 5.75 Å². The van der Waals surface area contributed by atoms with Crippen LogP contribution in [0.2, 0.25) is 0 Å². The number of furan rings is 1. The zero-order valence-electron chi connectivity index (χ0n) is 17.3. The molecule has 0 saturated heterocycles. The lowest BCUT2D eigenvalue weighted by atomic mass is 10.1. The highest BCUT2D eigenvalue weighted by Gasteiger charge is 2.24. The number of carbonyl (C=O) groups excluding carboxylic acids is 2. The van der Waals surface area contributed by atoms with Crippen LogP contribution in [0.4, 0.5) is 0 Å². The summed E-state index contributed by atoms with van der Waals surface area (Å²) < 4.78 is 10.3. The van der Waals surface area contributed by atoms with Gasteiger partial charge in [0, 0.05) is 6.54 Å². The van der Waals surface area contributed by atoms with Gasteiger partial charge in [0.25, 0.3) is 5.91 Å². The first-order valence-corrected chi connectivity index (χ1v) is 10.8. The van der Waals surface area contributed by atoms with E-state index in [0.717, 1.165) is 17.1 Å². The van der Waals surface area contributed by atoms with Crippen molar-refractivity contribution in [2.75, 3.05) is 39.8 Å². The van der Waals surface area contributed by atoms with Gasteiger partial charge < -0.3 is 24.7 Å². The molecule has 2 rings (SSSR count). The van der Waals surface area contributed by atoms with E-state index in [-0.39, 0.29) is 17.7 Å². The predicted molar refractivity (Wildman–Crippen MR) is 115 cm³/mol. The van der Waals surface area contributed by atoms with Crippen molar-refractivity contribution < 1.29 is 18.7 Å². The molecule has 0 aliphatic rings. The average Bonchev–Trinajstić information content (AvgIpc) is 3.26. The van der Waals surface area contributed by atoms with Gasteiger partial charge in [-0.25, -0.2) is 0 Å². The molecule has 0 bridgehead atoms. The molecule has 0 fully saturated rings. The Bertz CT molecular complexity index is 763. The summed E-state index contributed by atoms with van der Waals surface area (Å²) in [5, 5.41) is 5.76. The highest BCUT2D eigenvalue weighted by atomic mass is 32.2. The Kier molecular flexibility index (Phi) is 9.08. The number of nitrogens with zero attached hydrogens (tertiary/aromatic N) is 1. The summed E-state index contributed by atoms with van der Waals surface area (Å²) in [6.45, 7) is 0.421. The van der Waals surface area contributed by atoms with Crippen LogP contribution in [-0.4, -0.2) is 62.5 Å². The Hall–Kier alpha value is -2.45. The van der Waals surface area contributed by atoms with E-state index in [1.807, 2.05) is 49.5 Å². The zero-order valence-corrected chi connectivity index (χ0v) is 18.1. The summed E-state index contributed by atoms with van der Waals surface area (Å²) in [6.07, 6.45) is 3.94. The molecule has 0 aliphatic heterocycles. The number of methoxy groups -OCH3 is 1. The van der Waals surface area contributed by atoms with Gasteiger partial charge in [-0.05, 0) is 62.4 Å². The minimum atomic E-state index is -0.626. The first-order chi connectivity index (χ1) is 14.0. The van der Waals surface area contributed by atoms with Crippen molar-refractivity contribution in [1.29, 1.82) is 0 Å². The number of thioether (sulfide) groups is 1. The fraction of sp³-hybridized carbons (Fsp3) is 0.429.